The molecule has 0 saturated heterocycles. The number of hydrogen-bond acceptors (Lipinski definition) is 6. The van der Waals surface area contributed by atoms with E-state index in [0.29, 0.717) is 5.70 Å². The molecule has 1 aromatic rings. The molecular weight excluding hydrogens is 365 g/mol. The first-order valence-electron chi connectivity index (χ1n) is 8.48. The summed E-state index contributed by atoms with van der Waals surface area (Å²) in [7, 11) is 1.26. The van der Waals surface area contributed by atoms with Crippen LogP contribution in [0.3, 0.4) is 0 Å². The predicted octanol–water partition coefficient (Wildman–Crippen LogP) is 2.61. The number of rotatable bonds is 7. The average molecular weight is 387 g/mol. The molecule has 2 rings (SSSR count). The lowest BCUT2D eigenvalue weighted by molar-refractivity contribution is -0.146. The van der Waals surface area contributed by atoms with Crippen LogP contribution in [0, 0.1) is 0 Å². The van der Waals surface area contributed by atoms with Gasteiger partial charge in [0.25, 0.3) is 11.8 Å². The molecule has 7 nitrogen and oxygen atoms in total. The lowest BCUT2D eigenvalue weighted by Crippen LogP contribution is -2.46. The molecule has 8 heteroatoms. The highest BCUT2D eigenvalue weighted by molar-refractivity contribution is 6.21. The highest BCUT2D eigenvalue weighted by atomic mass is 19.1. The van der Waals surface area contributed by atoms with Gasteiger partial charge in [0.1, 0.15) is 11.4 Å². The van der Waals surface area contributed by atoms with Crippen molar-refractivity contribution < 1.29 is 23.5 Å². The van der Waals surface area contributed by atoms with Crippen molar-refractivity contribution in [3.8, 4) is 0 Å². The molecule has 0 fully saturated rings. The van der Waals surface area contributed by atoms with Gasteiger partial charge in [-0.2, -0.15) is 0 Å². The summed E-state index contributed by atoms with van der Waals surface area (Å²) < 4.78 is 19.4. The Bertz CT molecular complexity index is 867. The maximum absolute atomic E-state index is 14.7. The molecular formula is C20H22FN3O4. The third kappa shape index (κ3) is 4.16. The van der Waals surface area contributed by atoms with Crippen LogP contribution < -0.4 is 5.32 Å². The fourth-order valence-corrected chi connectivity index (χ4v) is 2.84. The molecule has 1 N–H and O–H groups in total. The van der Waals surface area contributed by atoms with Gasteiger partial charge in [0, 0.05) is 5.70 Å². The van der Waals surface area contributed by atoms with E-state index in [1.54, 1.807) is 45.0 Å². The van der Waals surface area contributed by atoms with Gasteiger partial charge >= 0.3 is 5.97 Å². The maximum Gasteiger partial charge on any atom is 0.330 e. The number of fused-ring (bicyclic) bond motifs is 1. The summed E-state index contributed by atoms with van der Waals surface area (Å²) >= 11 is 0. The van der Waals surface area contributed by atoms with Gasteiger partial charge < -0.3 is 10.1 Å². The van der Waals surface area contributed by atoms with E-state index >= 15 is 0 Å². The highest BCUT2D eigenvalue weighted by Gasteiger charge is 2.35. The summed E-state index contributed by atoms with van der Waals surface area (Å²) in [4.78, 5) is 41.1. The number of methoxy groups -OCH3 is 1. The summed E-state index contributed by atoms with van der Waals surface area (Å²) in [6.07, 6.45) is 1.12. The number of benzene rings is 1. The van der Waals surface area contributed by atoms with Crippen LogP contribution in [0.2, 0.25) is 0 Å². The van der Waals surface area contributed by atoms with Gasteiger partial charge in [-0.3, -0.25) is 19.5 Å². The lowest BCUT2D eigenvalue weighted by Gasteiger charge is -2.24. The lowest BCUT2D eigenvalue weighted by atomic mass is 10.1. The van der Waals surface area contributed by atoms with E-state index in [1.807, 2.05) is 0 Å². The zero-order valence-corrected chi connectivity index (χ0v) is 16.2. The van der Waals surface area contributed by atoms with Gasteiger partial charge in [-0.15, -0.1) is 0 Å². The molecule has 0 saturated carbocycles. The van der Waals surface area contributed by atoms with Gasteiger partial charge in [0.05, 0.1) is 30.5 Å². The Morgan fingerprint density at radius 2 is 1.82 bits per heavy atom. The Labute approximate surface area is 162 Å². The largest absolute Gasteiger partial charge is 0.467 e. The van der Waals surface area contributed by atoms with Crippen LogP contribution in [0.5, 0.6) is 0 Å². The van der Waals surface area contributed by atoms with E-state index in [0.717, 1.165) is 11.0 Å². The molecule has 2 amide bonds. The molecule has 0 aliphatic carbocycles. The van der Waals surface area contributed by atoms with Gasteiger partial charge in [-0.05, 0) is 45.7 Å². The number of allylic oxidation sites excluding steroid dienone is 3. The Kier molecular flexibility index (Phi) is 6.12. The third-order valence-electron chi connectivity index (χ3n) is 4.20. The smallest absolute Gasteiger partial charge is 0.330 e. The Hall–Kier alpha value is -3.29. The minimum Gasteiger partial charge on any atom is -0.467 e. The number of carbonyl (C=O) groups excluding carboxylic acids is 3. The summed E-state index contributed by atoms with van der Waals surface area (Å²) in [6.45, 7) is 7.71. The molecule has 148 valence electrons. The third-order valence-corrected chi connectivity index (χ3v) is 4.20. The molecule has 0 spiro atoms. The van der Waals surface area contributed by atoms with E-state index in [-0.39, 0.29) is 23.4 Å². The Balaban J connectivity index is 2.23. The minimum atomic E-state index is -1.07. The molecule has 1 aliphatic heterocycles. The van der Waals surface area contributed by atoms with Crippen molar-refractivity contribution in [1.82, 2.24) is 10.2 Å². The molecule has 0 bridgehead atoms. The zero-order valence-electron chi connectivity index (χ0n) is 16.2. The number of halogens is 1. The molecule has 28 heavy (non-hydrogen) atoms. The fourth-order valence-electron chi connectivity index (χ4n) is 2.84. The van der Waals surface area contributed by atoms with E-state index in [4.69, 9.17) is 0 Å². The first-order valence-corrected chi connectivity index (χ1v) is 8.48. The molecule has 1 aromatic carbocycles. The van der Waals surface area contributed by atoms with Crippen LogP contribution in [0.15, 0.2) is 52.6 Å². The topological polar surface area (TPSA) is 88.1 Å². The number of aliphatic imine (C=N–C) groups is 1. The fraction of sp³-hybridized carbons (Fsp3) is 0.300. The second-order valence-electron chi connectivity index (χ2n) is 6.76. The van der Waals surface area contributed by atoms with Crippen molar-refractivity contribution in [2.45, 2.75) is 26.3 Å². The highest BCUT2D eigenvalue weighted by Crippen LogP contribution is 2.24. The van der Waals surface area contributed by atoms with Crippen LogP contribution >= 0.6 is 0 Å². The van der Waals surface area contributed by atoms with Gasteiger partial charge in [-0.25, -0.2) is 9.18 Å². The number of esters is 1. The number of nitrogens with zero attached hydrogens (tertiary/aromatic N) is 2. The van der Waals surface area contributed by atoms with Crippen molar-refractivity contribution in [3.63, 3.8) is 0 Å². The van der Waals surface area contributed by atoms with E-state index in [1.165, 1.54) is 7.11 Å². The first-order chi connectivity index (χ1) is 13.1. The van der Waals surface area contributed by atoms with Gasteiger partial charge in [0.15, 0.2) is 0 Å². The van der Waals surface area contributed by atoms with Crippen LogP contribution in [0.4, 0.5) is 4.39 Å². The molecule has 1 aliphatic rings. The quantitative estimate of drug-likeness (QED) is 0.336. The summed E-state index contributed by atoms with van der Waals surface area (Å²) in [6, 6.07) is 6.38. The second kappa shape index (κ2) is 8.16. The molecule has 1 heterocycles. The number of ether oxygens (including phenoxy) is 1. The zero-order chi connectivity index (χ0) is 21.1. The van der Waals surface area contributed by atoms with Crippen molar-refractivity contribution in [3.05, 3.63) is 58.7 Å². The van der Waals surface area contributed by atoms with Crippen molar-refractivity contribution in [2.24, 2.45) is 4.99 Å². The van der Waals surface area contributed by atoms with E-state index in [2.05, 4.69) is 21.8 Å². The number of carbonyl (C=O) groups is 3. The van der Waals surface area contributed by atoms with Gasteiger partial charge in [-0.1, -0.05) is 12.1 Å². The summed E-state index contributed by atoms with van der Waals surface area (Å²) in [5.74, 6) is -2.32. The first kappa shape index (κ1) is 21.0. The molecule has 0 unspecified atom stereocenters. The number of imide groups is 1. The Morgan fingerprint density at radius 1 is 1.29 bits per heavy atom. The molecule has 0 atom stereocenters. The van der Waals surface area contributed by atoms with E-state index < -0.39 is 29.1 Å². The average Bonchev–Trinajstić information content (AvgIpc) is 2.89. The monoisotopic (exact) mass is 387 g/mol. The SMILES string of the molecule is C=N/C(CN1C(=O)c2ccccc2C1=O)=C(F)\C=C(/C)NC(C)(C)C(=O)OC. The van der Waals surface area contributed by atoms with Crippen LogP contribution in [0.25, 0.3) is 0 Å². The standard InChI is InChI=1S/C20H22FN3O4/c1-12(23-20(2,3)19(27)28-5)10-15(21)16(22-4)11-24-17(25)13-8-6-7-9-14(13)18(24)26/h6-10,23H,4,11H2,1-3,5H3/b12-10+,16-15+. The molecule has 0 aromatic heterocycles. The maximum atomic E-state index is 14.7. The van der Waals surface area contributed by atoms with E-state index in [9.17, 15) is 18.8 Å². The second-order valence-corrected chi connectivity index (χ2v) is 6.76. The number of nitrogens with one attached hydrogen (secondary N) is 1. The van der Waals surface area contributed by atoms with Crippen LogP contribution in [-0.2, 0) is 9.53 Å². The predicted molar refractivity (Wildman–Crippen MR) is 102 cm³/mol. The van der Waals surface area contributed by atoms with Crippen molar-refractivity contribution in [1.29, 1.82) is 0 Å². The van der Waals surface area contributed by atoms with Crippen LogP contribution in [0.1, 0.15) is 41.5 Å². The minimum absolute atomic E-state index is 0.175. The summed E-state index contributed by atoms with van der Waals surface area (Å²) in [5.41, 5.74) is -0.378. The van der Waals surface area contributed by atoms with Gasteiger partial charge in [0.2, 0.25) is 0 Å². The summed E-state index contributed by atoms with van der Waals surface area (Å²) in [5, 5.41) is 2.84. The number of amides is 2. The van der Waals surface area contributed by atoms with Crippen molar-refractivity contribution in [2.75, 3.05) is 13.7 Å². The van der Waals surface area contributed by atoms with Crippen molar-refractivity contribution >= 4 is 24.5 Å². The van der Waals surface area contributed by atoms with Crippen LogP contribution in [-0.4, -0.2) is 48.6 Å². The normalized spacial score (nSPS) is 15.2. The number of hydrogen-bond donors (Lipinski definition) is 1. The molecule has 0 radical (unpaired) electrons. The Morgan fingerprint density at radius 3 is 2.29 bits per heavy atom.